The number of carbonyl (C=O) groups is 1. The molecule has 2 rings (SSSR count). The molecule has 0 saturated carbocycles. The van der Waals surface area contributed by atoms with Gasteiger partial charge in [0, 0.05) is 19.0 Å². The van der Waals surface area contributed by atoms with E-state index in [-0.39, 0.29) is 5.78 Å². The SMILES string of the molecule is CCC(=O)c1sc(NCC2CCCN2CC)cc1N. The van der Waals surface area contributed by atoms with Gasteiger partial charge in [-0.1, -0.05) is 13.8 Å². The lowest BCUT2D eigenvalue weighted by atomic mass is 10.2. The highest BCUT2D eigenvalue weighted by molar-refractivity contribution is 7.18. The first-order valence-electron chi connectivity index (χ1n) is 7.06. The number of rotatable bonds is 6. The van der Waals surface area contributed by atoms with Gasteiger partial charge in [-0.15, -0.1) is 11.3 Å². The smallest absolute Gasteiger partial charge is 0.174 e. The number of likely N-dealkylation sites (tertiary alicyclic amines) is 1. The molecule has 4 nitrogen and oxygen atoms in total. The van der Waals surface area contributed by atoms with Gasteiger partial charge in [-0.25, -0.2) is 0 Å². The number of Topliss-reactive ketones (excluding diaryl/α,β-unsaturated/α-hetero) is 1. The standard InChI is InChI=1S/C14H23N3OS/c1-3-12(18)14-11(15)8-13(19-14)16-9-10-6-5-7-17(10)4-2/h8,10,16H,3-7,9,15H2,1-2H3. The Morgan fingerprint density at radius 2 is 2.37 bits per heavy atom. The fraction of sp³-hybridized carbons (Fsp3) is 0.643. The molecule has 2 heterocycles. The summed E-state index contributed by atoms with van der Waals surface area (Å²) in [7, 11) is 0. The number of anilines is 2. The molecular formula is C14H23N3OS. The molecule has 3 N–H and O–H groups in total. The Morgan fingerprint density at radius 3 is 3.05 bits per heavy atom. The molecular weight excluding hydrogens is 258 g/mol. The predicted molar refractivity (Wildman–Crippen MR) is 82.1 cm³/mol. The van der Waals surface area contributed by atoms with E-state index in [2.05, 4.69) is 17.1 Å². The van der Waals surface area contributed by atoms with E-state index < -0.39 is 0 Å². The van der Waals surface area contributed by atoms with Crippen LogP contribution in [0.1, 0.15) is 42.8 Å². The summed E-state index contributed by atoms with van der Waals surface area (Å²) in [5.41, 5.74) is 6.50. The lowest BCUT2D eigenvalue weighted by Crippen LogP contribution is -2.34. The molecule has 1 aromatic heterocycles. The second-order valence-corrected chi connectivity index (χ2v) is 6.03. The van der Waals surface area contributed by atoms with E-state index in [0.29, 0.717) is 23.0 Å². The van der Waals surface area contributed by atoms with E-state index in [1.54, 1.807) is 0 Å². The maximum atomic E-state index is 11.7. The largest absolute Gasteiger partial charge is 0.397 e. The second-order valence-electron chi connectivity index (χ2n) is 4.98. The van der Waals surface area contributed by atoms with Gasteiger partial charge in [-0.3, -0.25) is 9.69 Å². The van der Waals surface area contributed by atoms with Gasteiger partial charge in [0.1, 0.15) is 0 Å². The topological polar surface area (TPSA) is 58.4 Å². The van der Waals surface area contributed by atoms with Gasteiger partial charge in [0.15, 0.2) is 5.78 Å². The maximum absolute atomic E-state index is 11.7. The summed E-state index contributed by atoms with van der Waals surface area (Å²) in [6, 6.07) is 2.50. The Kier molecular flexibility index (Phi) is 4.82. The van der Waals surface area contributed by atoms with Crippen LogP contribution in [-0.4, -0.2) is 36.4 Å². The van der Waals surface area contributed by atoms with Crippen molar-refractivity contribution >= 4 is 27.8 Å². The van der Waals surface area contributed by atoms with Crippen LogP contribution in [-0.2, 0) is 0 Å². The van der Waals surface area contributed by atoms with Gasteiger partial charge >= 0.3 is 0 Å². The van der Waals surface area contributed by atoms with Crippen molar-refractivity contribution in [1.29, 1.82) is 0 Å². The molecule has 106 valence electrons. The molecule has 1 fully saturated rings. The van der Waals surface area contributed by atoms with Gasteiger partial charge in [0.05, 0.1) is 15.6 Å². The molecule has 1 saturated heterocycles. The van der Waals surface area contributed by atoms with E-state index in [9.17, 15) is 4.79 Å². The normalized spacial score (nSPS) is 19.8. The molecule has 0 radical (unpaired) electrons. The predicted octanol–water partition coefficient (Wildman–Crippen LogP) is 2.82. The quantitative estimate of drug-likeness (QED) is 0.787. The Labute approximate surface area is 119 Å². The monoisotopic (exact) mass is 281 g/mol. The average Bonchev–Trinajstić information content (AvgIpc) is 3.01. The van der Waals surface area contributed by atoms with E-state index in [1.165, 1.54) is 30.7 Å². The van der Waals surface area contributed by atoms with Crippen molar-refractivity contribution in [3.63, 3.8) is 0 Å². The van der Waals surface area contributed by atoms with Crippen molar-refractivity contribution < 1.29 is 4.79 Å². The summed E-state index contributed by atoms with van der Waals surface area (Å²) in [6.45, 7) is 7.33. The van der Waals surface area contributed by atoms with Crippen molar-refractivity contribution in [1.82, 2.24) is 4.90 Å². The highest BCUT2D eigenvalue weighted by Gasteiger charge is 2.23. The van der Waals surface area contributed by atoms with Gasteiger partial charge in [-0.2, -0.15) is 0 Å². The summed E-state index contributed by atoms with van der Waals surface area (Å²) < 4.78 is 0. The average molecular weight is 281 g/mol. The molecule has 1 unspecified atom stereocenters. The van der Waals surface area contributed by atoms with E-state index in [0.717, 1.165) is 18.1 Å². The number of nitrogens with zero attached hydrogens (tertiary/aromatic N) is 1. The summed E-state index contributed by atoms with van der Waals surface area (Å²) in [5, 5.41) is 4.45. The molecule has 0 aromatic carbocycles. The highest BCUT2D eigenvalue weighted by atomic mass is 32.1. The number of nitrogen functional groups attached to an aromatic ring is 1. The summed E-state index contributed by atoms with van der Waals surface area (Å²) in [6.07, 6.45) is 3.05. The van der Waals surface area contributed by atoms with E-state index in [1.807, 2.05) is 13.0 Å². The van der Waals surface area contributed by atoms with Crippen molar-refractivity contribution in [3.8, 4) is 0 Å². The molecule has 0 spiro atoms. The molecule has 0 bridgehead atoms. The van der Waals surface area contributed by atoms with Crippen molar-refractivity contribution in [2.45, 2.75) is 39.2 Å². The minimum atomic E-state index is 0.131. The zero-order chi connectivity index (χ0) is 13.8. The van der Waals surface area contributed by atoms with Crippen LogP contribution in [0.15, 0.2) is 6.07 Å². The summed E-state index contributed by atoms with van der Waals surface area (Å²) in [4.78, 5) is 14.9. The number of thiophene rings is 1. The van der Waals surface area contributed by atoms with Gasteiger partial charge in [-0.05, 0) is 32.0 Å². The number of hydrogen-bond donors (Lipinski definition) is 2. The van der Waals surface area contributed by atoms with Crippen LogP contribution < -0.4 is 11.1 Å². The fourth-order valence-electron chi connectivity index (χ4n) is 2.63. The Bertz CT molecular complexity index is 444. The molecule has 0 aliphatic carbocycles. The van der Waals surface area contributed by atoms with Crippen LogP contribution >= 0.6 is 11.3 Å². The van der Waals surface area contributed by atoms with Crippen LogP contribution in [0.5, 0.6) is 0 Å². The molecule has 1 atom stereocenters. The minimum absolute atomic E-state index is 0.131. The van der Waals surface area contributed by atoms with Crippen molar-refractivity contribution in [3.05, 3.63) is 10.9 Å². The number of ketones is 1. The number of carbonyl (C=O) groups excluding carboxylic acids is 1. The molecule has 0 amide bonds. The third kappa shape index (κ3) is 3.28. The highest BCUT2D eigenvalue weighted by Crippen LogP contribution is 2.30. The number of nitrogens with two attached hydrogens (primary N) is 1. The molecule has 5 heteroatoms. The summed E-state index contributed by atoms with van der Waals surface area (Å²) in [5.74, 6) is 0.131. The van der Waals surface area contributed by atoms with Crippen LogP contribution in [0.4, 0.5) is 10.7 Å². The Morgan fingerprint density at radius 1 is 1.58 bits per heavy atom. The molecule has 1 aromatic rings. The van der Waals surface area contributed by atoms with Crippen LogP contribution in [0.3, 0.4) is 0 Å². The second kappa shape index (κ2) is 6.39. The number of nitrogens with one attached hydrogen (secondary N) is 1. The summed E-state index contributed by atoms with van der Waals surface area (Å²) >= 11 is 1.48. The lowest BCUT2D eigenvalue weighted by molar-refractivity contribution is 0.0993. The lowest BCUT2D eigenvalue weighted by Gasteiger charge is -2.22. The number of likely N-dealkylation sites (N-methyl/N-ethyl adjacent to an activating group) is 1. The molecule has 1 aliphatic heterocycles. The van der Waals surface area contributed by atoms with Gasteiger partial charge < -0.3 is 11.1 Å². The zero-order valence-corrected chi connectivity index (χ0v) is 12.6. The zero-order valence-electron chi connectivity index (χ0n) is 11.7. The molecule has 1 aliphatic rings. The van der Waals surface area contributed by atoms with E-state index in [4.69, 9.17) is 5.73 Å². The van der Waals surface area contributed by atoms with Crippen LogP contribution in [0.25, 0.3) is 0 Å². The van der Waals surface area contributed by atoms with Crippen molar-refractivity contribution in [2.24, 2.45) is 0 Å². The van der Waals surface area contributed by atoms with Crippen molar-refractivity contribution in [2.75, 3.05) is 30.7 Å². The van der Waals surface area contributed by atoms with Crippen LogP contribution in [0, 0.1) is 0 Å². The van der Waals surface area contributed by atoms with Gasteiger partial charge in [0.25, 0.3) is 0 Å². The van der Waals surface area contributed by atoms with Gasteiger partial charge in [0.2, 0.25) is 0 Å². The number of hydrogen-bond acceptors (Lipinski definition) is 5. The first-order valence-corrected chi connectivity index (χ1v) is 7.87. The van der Waals surface area contributed by atoms with E-state index >= 15 is 0 Å². The Balaban J connectivity index is 1.95. The maximum Gasteiger partial charge on any atom is 0.174 e. The molecule has 19 heavy (non-hydrogen) atoms. The fourth-order valence-corrected chi connectivity index (χ4v) is 3.63. The third-order valence-corrected chi connectivity index (χ3v) is 4.90. The first-order chi connectivity index (χ1) is 9.15. The van der Waals surface area contributed by atoms with Crippen LogP contribution in [0.2, 0.25) is 0 Å². The minimum Gasteiger partial charge on any atom is -0.397 e. The third-order valence-electron chi connectivity index (χ3n) is 3.75. The first kappa shape index (κ1) is 14.3. The Hall–Kier alpha value is -1.07.